The predicted octanol–water partition coefficient (Wildman–Crippen LogP) is 2.66. The van der Waals surface area contributed by atoms with E-state index in [1.54, 1.807) is 42.7 Å². The Labute approximate surface area is 205 Å². The van der Waals surface area contributed by atoms with Crippen LogP contribution in [0.5, 0.6) is 11.5 Å². The maximum Gasteiger partial charge on any atom is 0.338 e. The molecule has 1 aliphatic heterocycles. The van der Waals surface area contributed by atoms with Gasteiger partial charge in [0.2, 0.25) is 0 Å². The van der Waals surface area contributed by atoms with Crippen molar-refractivity contribution in [2.24, 2.45) is 0 Å². The highest BCUT2D eigenvalue weighted by molar-refractivity contribution is 8.18. The van der Waals surface area contributed by atoms with Crippen molar-refractivity contribution in [3.05, 3.63) is 71.4 Å². The Morgan fingerprint density at radius 2 is 2.06 bits per heavy atom. The summed E-state index contributed by atoms with van der Waals surface area (Å²) >= 11 is 0.820. The molecule has 1 N–H and O–H groups in total. The van der Waals surface area contributed by atoms with Crippen LogP contribution >= 0.6 is 11.8 Å². The average molecular weight is 498 g/mol. The van der Waals surface area contributed by atoms with Crippen molar-refractivity contribution >= 4 is 40.9 Å². The van der Waals surface area contributed by atoms with Crippen LogP contribution in [0.15, 0.2) is 60.3 Å². The summed E-state index contributed by atoms with van der Waals surface area (Å²) in [5.74, 6) is -0.974. The van der Waals surface area contributed by atoms with E-state index in [9.17, 15) is 19.2 Å². The molecule has 0 atom stereocenters. The molecular formula is C24H23N3O7S. The summed E-state index contributed by atoms with van der Waals surface area (Å²) in [7, 11) is 1.44. The first-order chi connectivity index (χ1) is 16.9. The number of thioether (sulfide) groups is 1. The highest BCUT2D eigenvalue weighted by atomic mass is 32.2. The molecule has 0 spiro atoms. The minimum absolute atomic E-state index is 0.0117. The van der Waals surface area contributed by atoms with E-state index in [0.717, 1.165) is 16.7 Å². The molecule has 0 bridgehead atoms. The Morgan fingerprint density at radius 1 is 1.23 bits per heavy atom. The lowest BCUT2D eigenvalue weighted by molar-refractivity contribution is -0.125. The van der Waals surface area contributed by atoms with Gasteiger partial charge in [0, 0.05) is 25.5 Å². The van der Waals surface area contributed by atoms with Crippen molar-refractivity contribution in [1.82, 2.24) is 15.2 Å². The first-order valence-electron chi connectivity index (χ1n) is 10.4. The number of methoxy groups -OCH3 is 1. The van der Waals surface area contributed by atoms with E-state index < -0.39 is 29.6 Å². The van der Waals surface area contributed by atoms with E-state index in [4.69, 9.17) is 14.2 Å². The summed E-state index contributed by atoms with van der Waals surface area (Å²) in [6.07, 6.45) is 6.35. The maximum absolute atomic E-state index is 12.5. The second-order valence-electron chi connectivity index (χ2n) is 7.01. The van der Waals surface area contributed by atoms with E-state index in [-0.39, 0.29) is 30.2 Å². The number of aromatic nitrogens is 1. The van der Waals surface area contributed by atoms with Crippen molar-refractivity contribution < 1.29 is 33.4 Å². The molecule has 1 aromatic carbocycles. The van der Waals surface area contributed by atoms with Gasteiger partial charge in [-0.15, -0.1) is 0 Å². The molecule has 35 heavy (non-hydrogen) atoms. The zero-order chi connectivity index (χ0) is 25.2. The summed E-state index contributed by atoms with van der Waals surface area (Å²) in [4.78, 5) is 54.3. The summed E-state index contributed by atoms with van der Waals surface area (Å²) in [5, 5.41) is 2.09. The van der Waals surface area contributed by atoms with Gasteiger partial charge in [-0.05, 0) is 47.7 Å². The van der Waals surface area contributed by atoms with Crippen LogP contribution in [0.25, 0.3) is 6.08 Å². The van der Waals surface area contributed by atoms with Gasteiger partial charge in [0.15, 0.2) is 18.1 Å². The second-order valence-corrected chi connectivity index (χ2v) is 8.00. The number of benzene rings is 1. The standard InChI is InChI=1S/C24H23N3O7S/c1-3-11-33-18-7-6-17(13-19(18)32-2)23(30)34-15-21(28)26-9-10-27-22(29)20(35-24(27)31)12-16-5-4-8-25-14-16/h3-8,12-14H,1,9-11,15H2,2H3,(H,26,28)/b20-12-. The Bertz CT molecular complexity index is 1150. The normalized spacial score (nSPS) is 14.1. The van der Waals surface area contributed by atoms with Crippen LogP contribution in [0.3, 0.4) is 0 Å². The number of carbonyl (C=O) groups is 4. The van der Waals surface area contributed by atoms with Crippen LogP contribution in [0.2, 0.25) is 0 Å². The van der Waals surface area contributed by atoms with Crippen molar-refractivity contribution in [2.45, 2.75) is 0 Å². The molecule has 11 heteroatoms. The van der Waals surface area contributed by atoms with E-state index in [1.165, 1.54) is 19.2 Å². The van der Waals surface area contributed by atoms with Gasteiger partial charge >= 0.3 is 5.97 Å². The van der Waals surface area contributed by atoms with Gasteiger partial charge in [-0.25, -0.2) is 4.79 Å². The van der Waals surface area contributed by atoms with Crippen LogP contribution in [-0.4, -0.2) is 66.3 Å². The first-order valence-corrected chi connectivity index (χ1v) is 11.3. The van der Waals surface area contributed by atoms with Gasteiger partial charge in [0.25, 0.3) is 17.1 Å². The molecule has 1 fully saturated rings. The van der Waals surface area contributed by atoms with E-state index in [2.05, 4.69) is 16.9 Å². The molecule has 0 saturated carbocycles. The quantitative estimate of drug-likeness (QED) is 0.283. The van der Waals surface area contributed by atoms with Gasteiger partial charge in [0.1, 0.15) is 6.61 Å². The average Bonchev–Trinajstić information content (AvgIpc) is 3.13. The molecule has 1 saturated heterocycles. The number of carbonyl (C=O) groups excluding carboxylic acids is 4. The molecule has 182 valence electrons. The van der Waals surface area contributed by atoms with Crippen LogP contribution in [0.1, 0.15) is 15.9 Å². The molecule has 0 aliphatic carbocycles. The van der Waals surface area contributed by atoms with Crippen LogP contribution in [0, 0.1) is 0 Å². The summed E-state index contributed by atoms with van der Waals surface area (Å²) in [6, 6.07) is 7.97. The topological polar surface area (TPSA) is 124 Å². The summed E-state index contributed by atoms with van der Waals surface area (Å²) in [6.45, 7) is 3.31. The number of amides is 3. The fourth-order valence-electron chi connectivity index (χ4n) is 2.94. The Morgan fingerprint density at radius 3 is 2.77 bits per heavy atom. The number of nitrogens with zero attached hydrogens (tertiary/aromatic N) is 2. The Hall–Kier alpha value is -4.12. The molecule has 2 aromatic rings. The molecule has 3 amide bonds. The molecule has 2 heterocycles. The largest absolute Gasteiger partial charge is 0.493 e. The lowest BCUT2D eigenvalue weighted by atomic mass is 10.2. The molecule has 10 nitrogen and oxygen atoms in total. The highest BCUT2D eigenvalue weighted by Gasteiger charge is 2.34. The van der Waals surface area contributed by atoms with Gasteiger partial charge in [-0.3, -0.25) is 24.3 Å². The van der Waals surface area contributed by atoms with E-state index in [1.807, 2.05) is 0 Å². The number of nitrogens with one attached hydrogen (secondary N) is 1. The molecule has 1 aromatic heterocycles. The fourth-order valence-corrected chi connectivity index (χ4v) is 3.81. The minimum Gasteiger partial charge on any atom is -0.493 e. The number of rotatable bonds is 11. The monoisotopic (exact) mass is 497 g/mol. The van der Waals surface area contributed by atoms with Crippen molar-refractivity contribution in [3.63, 3.8) is 0 Å². The van der Waals surface area contributed by atoms with Gasteiger partial charge in [-0.1, -0.05) is 18.7 Å². The second kappa shape index (κ2) is 12.4. The molecular weight excluding hydrogens is 474 g/mol. The SMILES string of the molecule is C=CCOc1ccc(C(=O)OCC(=O)NCCN2C(=O)S/C(=C\c3cccnc3)C2=O)cc1OC. The van der Waals surface area contributed by atoms with Gasteiger partial charge in [0.05, 0.1) is 17.6 Å². The third-order valence-electron chi connectivity index (χ3n) is 4.60. The Kier molecular flexibility index (Phi) is 9.02. The van der Waals surface area contributed by atoms with Crippen LogP contribution in [-0.2, 0) is 14.3 Å². The first kappa shape index (κ1) is 25.5. The minimum atomic E-state index is -0.722. The molecule has 1 aliphatic rings. The third-order valence-corrected chi connectivity index (χ3v) is 5.51. The third kappa shape index (κ3) is 6.93. The van der Waals surface area contributed by atoms with Gasteiger partial charge in [-0.2, -0.15) is 0 Å². The van der Waals surface area contributed by atoms with Crippen molar-refractivity contribution in [1.29, 1.82) is 0 Å². The number of pyridine rings is 1. The molecule has 0 radical (unpaired) electrons. The van der Waals surface area contributed by atoms with E-state index in [0.29, 0.717) is 17.1 Å². The number of esters is 1. The molecule has 0 unspecified atom stereocenters. The summed E-state index contributed by atoms with van der Waals surface area (Å²) in [5.41, 5.74) is 0.878. The summed E-state index contributed by atoms with van der Waals surface area (Å²) < 4.78 is 15.7. The van der Waals surface area contributed by atoms with Crippen LogP contribution in [0.4, 0.5) is 4.79 Å². The lowest BCUT2D eigenvalue weighted by Gasteiger charge is -2.13. The molecule has 3 rings (SSSR count). The number of ether oxygens (including phenoxy) is 3. The highest BCUT2D eigenvalue weighted by Crippen LogP contribution is 2.31. The lowest BCUT2D eigenvalue weighted by Crippen LogP contribution is -2.38. The number of hydrogen-bond acceptors (Lipinski definition) is 9. The van der Waals surface area contributed by atoms with Crippen molar-refractivity contribution in [3.8, 4) is 11.5 Å². The predicted molar refractivity (Wildman–Crippen MR) is 129 cm³/mol. The zero-order valence-electron chi connectivity index (χ0n) is 18.9. The zero-order valence-corrected chi connectivity index (χ0v) is 19.7. The Balaban J connectivity index is 1.45. The smallest absolute Gasteiger partial charge is 0.338 e. The number of imide groups is 1. The van der Waals surface area contributed by atoms with Crippen LogP contribution < -0.4 is 14.8 Å². The van der Waals surface area contributed by atoms with E-state index >= 15 is 0 Å². The van der Waals surface area contributed by atoms with Gasteiger partial charge < -0.3 is 19.5 Å². The van der Waals surface area contributed by atoms with Crippen molar-refractivity contribution in [2.75, 3.05) is 33.4 Å². The number of hydrogen-bond donors (Lipinski definition) is 1. The fraction of sp³-hybridized carbons (Fsp3) is 0.208. The maximum atomic E-state index is 12.5.